The Labute approximate surface area is 160 Å². The van der Waals surface area contributed by atoms with Crippen molar-refractivity contribution in [2.75, 3.05) is 5.32 Å². The van der Waals surface area contributed by atoms with E-state index in [1.54, 1.807) is 18.3 Å². The van der Waals surface area contributed by atoms with Crippen LogP contribution in [0.15, 0.2) is 54.0 Å². The van der Waals surface area contributed by atoms with Gasteiger partial charge in [0.25, 0.3) is 5.69 Å². The molecule has 0 spiro atoms. The molecule has 3 aromatic rings. The van der Waals surface area contributed by atoms with E-state index in [-0.39, 0.29) is 5.69 Å². The molecule has 0 bridgehead atoms. The first-order chi connectivity index (χ1) is 13.0. The van der Waals surface area contributed by atoms with Crippen molar-refractivity contribution in [1.29, 1.82) is 5.26 Å². The van der Waals surface area contributed by atoms with Gasteiger partial charge in [0.15, 0.2) is 0 Å². The van der Waals surface area contributed by atoms with Crippen molar-refractivity contribution in [3.63, 3.8) is 0 Å². The Morgan fingerprint density at radius 3 is 2.63 bits per heavy atom. The Bertz CT molecular complexity index is 1060. The lowest BCUT2D eigenvalue weighted by Gasteiger charge is -2.03. The SMILES string of the molecule is Cc1ccc(-c2csc(C(C#N)=CNc3ccc([N+](=O)[O-])cc3)n2)c(C)c1. The van der Waals surface area contributed by atoms with E-state index in [2.05, 4.69) is 22.4 Å². The summed E-state index contributed by atoms with van der Waals surface area (Å²) in [6.07, 6.45) is 1.56. The fourth-order valence-corrected chi connectivity index (χ4v) is 3.38. The van der Waals surface area contributed by atoms with Crippen LogP contribution in [-0.4, -0.2) is 9.91 Å². The minimum Gasteiger partial charge on any atom is -0.360 e. The van der Waals surface area contributed by atoms with Gasteiger partial charge in [-0.3, -0.25) is 10.1 Å². The maximum Gasteiger partial charge on any atom is 0.269 e. The number of aromatic nitrogens is 1. The molecule has 0 aliphatic carbocycles. The highest BCUT2D eigenvalue weighted by Gasteiger charge is 2.11. The second-order valence-corrected chi connectivity index (χ2v) is 6.83. The third kappa shape index (κ3) is 4.19. The molecule has 1 N–H and O–H groups in total. The van der Waals surface area contributed by atoms with E-state index >= 15 is 0 Å². The van der Waals surface area contributed by atoms with Gasteiger partial charge in [0, 0.05) is 35.0 Å². The van der Waals surface area contributed by atoms with Gasteiger partial charge in [-0.25, -0.2) is 4.98 Å². The molecule has 7 heteroatoms. The van der Waals surface area contributed by atoms with Gasteiger partial charge in [0.2, 0.25) is 0 Å². The van der Waals surface area contributed by atoms with E-state index in [1.165, 1.54) is 29.0 Å². The zero-order chi connectivity index (χ0) is 19.4. The number of hydrogen-bond acceptors (Lipinski definition) is 6. The average Bonchev–Trinajstić information content (AvgIpc) is 3.12. The second-order valence-electron chi connectivity index (χ2n) is 5.97. The summed E-state index contributed by atoms with van der Waals surface area (Å²) in [5, 5.41) is 25.7. The number of allylic oxidation sites excluding steroid dienone is 1. The van der Waals surface area contributed by atoms with E-state index in [0.29, 0.717) is 16.3 Å². The Morgan fingerprint density at radius 2 is 2.00 bits per heavy atom. The summed E-state index contributed by atoms with van der Waals surface area (Å²) in [5.74, 6) is 0. The summed E-state index contributed by atoms with van der Waals surface area (Å²) in [6, 6.07) is 14.3. The lowest BCUT2D eigenvalue weighted by molar-refractivity contribution is -0.384. The van der Waals surface area contributed by atoms with E-state index in [1.807, 2.05) is 31.4 Å². The molecular weight excluding hydrogens is 360 g/mol. The molecule has 0 amide bonds. The number of nitro benzene ring substituents is 1. The zero-order valence-electron chi connectivity index (χ0n) is 14.8. The van der Waals surface area contributed by atoms with Gasteiger partial charge in [-0.2, -0.15) is 5.26 Å². The first kappa shape index (κ1) is 18.3. The Kier molecular flexibility index (Phi) is 5.29. The number of aryl methyl sites for hydroxylation is 2. The molecule has 2 aromatic carbocycles. The van der Waals surface area contributed by atoms with Crippen LogP contribution in [0.4, 0.5) is 11.4 Å². The predicted molar refractivity (Wildman–Crippen MR) is 107 cm³/mol. The highest BCUT2D eigenvalue weighted by Crippen LogP contribution is 2.28. The number of benzene rings is 2. The topological polar surface area (TPSA) is 91.8 Å². The van der Waals surface area contributed by atoms with Crippen molar-refractivity contribution in [3.8, 4) is 17.3 Å². The molecular formula is C20H16N4O2S. The number of nitro groups is 1. The fraction of sp³-hybridized carbons (Fsp3) is 0.100. The van der Waals surface area contributed by atoms with Crippen molar-refractivity contribution < 1.29 is 4.92 Å². The minimum absolute atomic E-state index is 0.0167. The van der Waals surface area contributed by atoms with Crippen LogP contribution >= 0.6 is 11.3 Å². The van der Waals surface area contributed by atoms with Crippen LogP contribution in [0.2, 0.25) is 0 Å². The van der Waals surface area contributed by atoms with Crippen molar-refractivity contribution in [1.82, 2.24) is 4.98 Å². The average molecular weight is 376 g/mol. The quantitative estimate of drug-likeness (QED) is 0.370. The van der Waals surface area contributed by atoms with Crippen molar-refractivity contribution in [2.24, 2.45) is 0 Å². The molecule has 0 atom stereocenters. The summed E-state index contributed by atoms with van der Waals surface area (Å²) in [6.45, 7) is 4.09. The lowest BCUT2D eigenvalue weighted by Crippen LogP contribution is -1.92. The van der Waals surface area contributed by atoms with Crippen LogP contribution in [0, 0.1) is 35.3 Å². The maximum absolute atomic E-state index is 10.7. The standard InChI is InChI=1S/C20H16N4O2S/c1-13-3-8-18(14(2)9-13)19-12-27-20(23-19)15(10-21)11-22-16-4-6-17(7-5-16)24(25)26/h3-9,11-12,22H,1-2H3. The normalized spacial score (nSPS) is 11.1. The van der Waals surface area contributed by atoms with Gasteiger partial charge in [-0.05, 0) is 31.5 Å². The number of nitrogens with one attached hydrogen (secondary N) is 1. The molecule has 27 heavy (non-hydrogen) atoms. The number of rotatable bonds is 5. The highest BCUT2D eigenvalue weighted by atomic mass is 32.1. The van der Waals surface area contributed by atoms with Crippen LogP contribution in [0.5, 0.6) is 0 Å². The largest absolute Gasteiger partial charge is 0.360 e. The monoisotopic (exact) mass is 376 g/mol. The summed E-state index contributed by atoms with van der Waals surface area (Å²) in [4.78, 5) is 14.8. The van der Waals surface area contributed by atoms with Crippen LogP contribution in [-0.2, 0) is 0 Å². The molecule has 134 valence electrons. The Hall–Kier alpha value is -3.50. The fourth-order valence-electron chi connectivity index (χ4n) is 2.60. The molecule has 0 unspecified atom stereocenters. The van der Waals surface area contributed by atoms with Gasteiger partial charge >= 0.3 is 0 Å². The van der Waals surface area contributed by atoms with Crippen LogP contribution in [0.25, 0.3) is 16.8 Å². The molecule has 0 aliphatic heterocycles. The molecule has 0 saturated heterocycles. The van der Waals surface area contributed by atoms with E-state index in [4.69, 9.17) is 0 Å². The highest BCUT2D eigenvalue weighted by molar-refractivity contribution is 7.11. The van der Waals surface area contributed by atoms with Gasteiger partial charge in [0.05, 0.1) is 10.6 Å². The minimum atomic E-state index is -0.454. The summed E-state index contributed by atoms with van der Waals surface area (Å²) < 4.78 is 0. The maximum atomic E-state index is 10.7. The van der Waals surface area contributed by atoms with Gasteiger partial charge in [0.1, 0.15) is 16.6 Å². The molecule has 1 aromatic heterocycles. The molecule has 1 heterocycles. The van der Waals surface area contributed by atoms with Gasteiger partial charge < -0.3 is 5.32 Å². The number of hydrogen-bond donors (Lipinski definition) is 1. The number of anilines is 1. The van der Waals surface area contributed by atoms with Crippen molar-refractivity contribution in [3.05, 3.63) is 80.3 Å². The number of thiazole rings is 1. The van der Waals surface area contributed by atoms with E-state index in [0.717, 1.165) is 16.8 Å². The van der Waals surface area contributed by atoms with E-state index in [9.17, 15) is 15.4 Å². The van der Waals surface area contributed by atoms with Gasteiger partial charge in [-0.1, -0.05) is 23.8 Å². The summed E-state index contributed by atoms with van der Waals surface area (Å²) in [7, 11) is 0. The number of nitriles is 1. The van der Waals surface area contributed by atoms with Crippen LogP contribution in [0.1, 0.15) is 16.1 Å². The van der Waals surface area contributed by atoms with Gasteiger partial charge in [-0.15, -0.1) is 11.3 Å². The first-order valence-electron chi connectivity index (χ1n) is 8.12. The Morgan fingerprint density at radius 1 is 1.26 bits per heavy atom. The number of non-ortho nitro benzene ring substituents is 1. The predicted octanol–water partition coefficient (Wildman–Crippen LogP) is 5.31. The summed E-state index contributed by atoms with van der Waals surface area (Å²) >= 11 is 1.40. The van der Waals surface area contributed by atoms with Crippen LogP contribution < -0.4 is 5.32 Å². The summed E-state index contributed by atoms with van der Waals surface area (Å²) in [5.41, 5.74) is 5.28. The lowest BCUT2D eigenvalue weighted by atomic mass is 10.0. The smallest absolute Gasteiger partial charge is 0.269 e. The third-order valence-corrected chi connectivity index (χ3v) is 4.85. The van der Waals surface area contributed by atoms with Crippen molar-refractivity contribution >= 4 is 28.3 Å². The molecule has 3 rings (SSSR count). The zero-order valence-corrected chi connectivity index (χ0v) is 15.6. The van der Waals surface area contributed by atoms with Crippen molar-refractivity contribution in [2.45, 2.75) is 13.8 Å². The number of nitrogens with zero attached hydrogens (tertiary/aromatic N) is 3. The molecule has 0 aliphatic rings. The third-order valence-electron chi connectivity index (χ3n) is 3.97. The second kappa shape index (κ2) is 7.81. The molecule has 0 radical (unpaired) electrons. The Balaban J connectivity index is 1.81. The molecule has 0 saturated carbocycles. The van der Waals surface area contributed by atoms with E-state index < -0.39 is 4.92 Å². The first-order valence-corrected chi connectivity index (χ1v) is 9.00. The molecule has 6 nitrogen and oxygen atoms in total. The van der Waals surface area contributed by atoms with Crippen LogP contribution in [0.3, 0.4) is 0 Å². The molecule has 0 fully saturated rings.